The molecule has 7 heteroatoms. The Morgan fingerprint density at radius 3 is 2.58 bits per heavy atom. The van der Waals surface area contributed by atoms with Crippen molar-refractivity contribution >= 4 is 27.8 Å². The number of nitrogens with one attached hydrogen (secondary N) is 2. The minimum atomic E-state index is -0.154. The number of aryl methyl sites for hydroxylation is 1. The normalized spacial score (nSPS) is 11.8. The highest BCUT2D eigenvalue weighted by atomic mass is 16.1. The Kier molecular flexibility index (Phi) is 6.49. The molecular formula is C26H28N6O. The maximum atomic E-state index is 13.7. The zero-order valence-corrected chi connectivity index (χ0v) is 19.3. The molecule has 0 aliphatic carbocycles. The number of para-hydroxylation sites is 1. The predicted octanol–water partition coefficient (Wildman–Crippen LogP) is 5.55. The van der Waals surface area contributed by atoms with Gasteiger partial charge in [0.15, 0.2) is 11.5 Å². The molecule has 1 unspecified atom stereocenters. The van der Waals surface area contributed by atoms with Gasteiger partial charge in [-0.15, -0.1) is 0 Å². The van der Waals surface area contributed by atoms with Gasteiger partial charge in [0, 0.05) is 11.4 Å². The van der Waals surface area contributed by atoms with Crippen molar-refractivity contribution in [3.8, 4) is 5.69 Å². The lowest BCUT2D eigenvalue weighted by molar-refractivity contribution is 0.689. The second-order valence-corrected chi connectivity index (χ2v) is 7.51. The second kappa shape index (κ2) is 9.65. The minimum Gasteiger partial charge on any atom is -0.360 e. The number of anilines is 1. The predicted molar refractivity (Wildman–Crippen MR) is 134 cm³/mol. The van der Waals surface area contributed by atoms with Crippen LogP contribution in [0.5, 0.6) is 0 Å². The van der Waals surface area contributed by atoms with Gasteiger partial charge in [-0.3, -0.25) is 9.36 Å². The fraction of sp³-hybridized carbons (Fsp3) is 0.231. The van der Waals surface area contributed by atoms with Gasteiger partial charge in [0.2, 0.25) is 0 Å². The molecule has 0 aliphatic heterocycles. The number of fused-ring (bicyclic) bond motifs is 2. The van der Waals surface area contributed by atoms with Crippen molar-refractivity contribution in [3.63, 3.8) is 0 Å². The molecule has 5 rings (SSSR count). The van der Waals surface area contributed by atoms with Crippen LogP contribution in [0.4, 0.5) is 5.82 Å². The van der Waals surface area contributed by atoms with Gasteiger partial charge in [-0.05, 0) is 42.5 Å². The Hall–Kier alpha value is -4.00. The summed E-state index contributed by atoms with van der Waals surface area (Å²) in [6.07, 6.45) is 3.85. The highest BCUT2D eigenvalue weighted by Crippen LogP contribution is 2.28. The molecule has 1 atom stereocenters. The summed E-state index contributed by atoms with van der Waals surface area (Å²) in [4.78, 5) is 29.6. The van der Waals surface area contributed by atoms with Gasteiger partial charge in [-0.25, -0.2) is 15.0 Å². The summed E-state index contributed by atoms with van der Waals surface area (Å²) in [7, 11) is 0. The first kappa shape index (κ1) is 22.2. The fourth-order valence-corrected chi connectivity index (χ4v) is 4.08. The largest absolute Gasteiger partial charge is 0.360 e. The summed E-state index contributed by atoms with van der Waals surface area (Å²) in [5.41, 5.74) is 4.00. The maximum absolute atomic E-state index is 13.7. The lowest BCUT2D eigenvalue weighted by atomic mass is 10.0. The van der Waals surface area contributed by atoms with E-state index in [4.69, 9.17) is 0 Å². The molecule has 3 heterocycles. The first-order chi connectivity index (χ1) is 16.2. The van der Waals surface area contributed by atoms with Gasteiger partial charge in [0.05, 0.1) is 17.8 Å². The van der Waals surface area contributed by atoms with E-state index in [0.29, 0.717) is 11.5 Å². The van der Waals surface area contributed by atoms with Crippen molar-refractivity contribution in [2.45, 2.75) is 40.2 Å². The van der Waals surface area contributed by atoms with Crippen LogP contribution in [0.25, 0.3) is 27.6 Å². The van der Waals surface area contributed by atoms with Gasteiger partial charge in [-0.1, -0.05) is 57.2 Å². The number of rotatable bonds is 5. The van der Waals surface area contributed by atoms with Crippen LogP contribution in [-0.4, -0.2) is 24.5 Å². The number of imidazole rings is 1. The number of nitrogens with zero attached hydrogens (tertiary/aromatic N) is 4. The molecular weight excluding hydrogens is 412 g/mol. The van der Waals surface area contributed by atoms with Crippen LogP contribution in [0, 0.1) is 6.92 Å². The quantitative estimate of drug-likeness (QED) is 0.374. The first-order valence-electron chi connectivity index (χ1n) is 11.3. The van der Waals surface area contributed by atoms with Crippen LogP contribution in [-0.2, 0) is 0 Å². The highest BCUT2D eigenvalue weighted by molar-refractivity contribution is 5.86. The molecule has 0 fully saturated rings. The summed E-state index contributed by atoms with van der Waals surface area (Å²) in [5.74, 6) is 0.658. The fourth-order valence-electron chi connectivity index (χ4n) is 4.08. The van der Waals surface area contributed by atoms with E-state index in [0.717, 1.165) is 39.7 Å². The Morgan fingerprint density at radius 2 is 1.82 bits per heavy atom. The van der Waals surface area contributed by atoms with Crippen LogP contribution in [0.2, 0.25) is 0 Å². The van der Waals surface area contributed by atoms with Crippen LogP contribution >= 0.6 is 0 Å². The third-order valence-electron chi connectivity index (χ3n) is 5.60. The number of hydrogen-bond acceptors (Lipinski definition) is 5. The van der Waals surface area contributed by atoms with Crippen molar-refractivity contribution < 1.29 is 0 Å². The molecule has 3 aromatic heterocycles. The van der Waals surface area contributed by atoms with E-state index in [-0.39, 0.29) is 11.6 Å². The molecule has 2 N–H and O–H groups in total. The maximum Gasteiger partial charge on any atom is 0.263 e. The average Bonchev–Trinajstić information content (AvgIpc) is 3.34. The highest BCUT2D eigenvalue weighted by Gasteiger charge is 2.20. The first-order valence-corrected chi connectivity index (χ1v) is 11.3. The molecule has 2 aromatic carbocycles. The Morgan fingerprint density at radius 1 is 1.03 bits per heavy atom. The number of hydrogen-bond donors (Lipinski definition) is 2. The summed E-state index contributed by atoms with van der Waals surface area (Å²) in [5, 5.41) is 5.18. The van der Waals surface area contributed by atoms with E-state index in [1.54, 1.807) is 6.33 Å². The Bertz CT molecular complexity index is 1440. The summed E-state index contributed by atoms with van der Waals surface area (Å²) < 4.78 is 1.81. The number of benzene rings is 2. The topological polar surface area (TPSA) is 88.5 Å². The Balaban J connectivity index is 0.00000126. The lowest BCUT2D eigenvalue weighted by Gasteiger charge is -2.23. The van der Waals surface area contributed by atoms with Gasteiger partial charge < -0.3 is 10.3 Å². The van der Waals surface area contributed by atoms with E-state index in [1.165, 1.54) is 6.33 Å². The Labute approximate surface area is 192 Å². The molecule has 7 nitrogen and oxygen atoms in total. The van der Waals surface area contributed by atoms with Crippen molar-refractivity contribution in [3.05, 3.63) is 88.9 Å². The van der Waals surface area contributed by atoms with Crippen molar-refractivity contribution in [1.29, 1.82) is 0 Å². The smallest absolute Gasteiger partial charge is 0.263 e. The summed E-state index contributed by atoms with van der Waals surface area (Å²) in [6, 6.07) is 17.7. The average molecular weight is 441 g/mol. The number of aromatic nitrogens is 5. The molecule has 168 valence electrons. The van der Waals surface area contributed by atoms with Gasteiger partial charge in [-0.2, -0.15) is 0 Å². The van der Waals surface area contributed by atoms with E-state index in [2.05, 4.69) is 38.2 Å². The molecule has 0 aliphatic rings. The van der Waals surface area contributed by atoms with Crippen LogP contribution < -0.4 is 10.9 Å². The van der Waals surface area contributed by atoms with Gasteiger partial charge in [0.1, 0.15) is 11.8 Å². The molecule has 0 radical (unpaired) electrons. The molecule has 0 spiro atoms. The third-order valence-corrected chi connectivity index (χ3v) is 5.60. The van der Waals surface area contributed by atoms with Gasteiger partial charge >= 0.3 is 0 Å². The van der Waals surface area contributed by atoms with Crippen LogP contribution in [0.1, 0.15) is 44.5 Å². The summed E-state index contributed by atoms with van der Waals surface area (Å²) >= 11 is 0. The monoisotopic (exact) mass is 440 g/mol. The molecule has 33 heavy (non-hydrogen) atoms. The number of aromatic amines is 1. The lowest BCUT2D eigenvalue weighted by Crippen LogP contribution is -2.27. The summed E-state index contributed by atoms with van der Waals surface area (Å²) in [6.45, 7) is 8.06. The van der Waals surface area contributed by atoms with Crippen LogP contribution in [0.15, 0.2) is 72.0 Å². The SMILES string of the molecule is CC.CCC(Nc1ncnc2nc[nH]c12)c1cc2cccc(C)c2c(=O)n1-c1ccccc1. The molecule has 5 aromatic rings. The second-order valence-electron chi connectivity index (χ2n) is 7.51. The van der Waals surface area contributed by atoms with Crippen molar-refractivity contribution in [2.75, 3.05) is 5.32 Å². The van der Waals surface area contributed by atoms with Crippen molar-refractivity contribution in [1.82, 2.24) is 24.5 Å². The van der Waals surface area contributed by atoms with Gasteiger partial charge in [0.25, 0.3) is 5.56 Å². The van der Waals surface area contributed by atoms with Crippen LogP contribution in [0.3, 0.4) is 0 Å². The molecule has 0 amide bonds. The zero-order chi connectivity index (χ0) is 23.4. The number of H-pyrrole nitrogens is 1. The van der Waals surface area contributed by atoms with E-state index in [1.807, 2.05) is 73.9 Å². The molecule has 0 saturated heterocycles. The molecule has 0 saturated carbocycles. The van der Waals surface area contributed by atoms with E-state index >= 15 is 0 Å². The number of pyridine rings is 1. The zero-order valence-electron chi connectivity index (χ0n) is 19.3. The standard InChI is InChI=1S/C24H22N6O.C2H6/c1-3-18(29-23-21-22(26-13-25-21)27-14-28-23)19-12-16-9-7-8-15(2)20(16)24(31)30(19)17-10-5-4-6-11-17;1-2/h4-14,18H,3H2,1-2H3,(H2,25,26,27,28,29);1-2H3. The molecule has 0 bridgehead atoms. The van der Waals surface area contributed by atoms with E-state index in [9.17, 15) is 4.79 Å². The van der Waals surface area contributed by atoms with E-state index < -0.39 is 0 Å². The minimum absolute atomic E-state index is 0.0218. The van der Waals surface area contributed by atoms with Crippen molar-refractivity contribution in [2.24, 2.45) is 0 Å². The third kappa shape index (κ3) is 4.09.